The van der Waals surface area contributed by atoms with Gasteiger partial charge in [-0.2, -0.15) is 0 Å². The Morgan fingerprint density at radius 2 is 1.75 bits per heavy atom. The van der Waals surface area contributed by atoms with Crippen molar-refractivity contribution in [2.45, 2.75) is 20.3 Å². The Bertz CT molecular complexity index is 641. The van der Waals surface area contributed by atoms with E-state index in [1.807, 2.05) is 55.5 Å². The molecule has 0 heterocycles. The van der Waals surface area contributed by atoms with Crippen molar-refractivity contribution in [3.63, 3.8) is 0 Å². The summed E-state index contributed by atoms with van der Waals surface area (Å²) in [6, 6.07) is 14.9. The van der Waals surface area contributed by atoms with Gasteiger partial charge < -0.3 is 20.1 Å². The Morgan fingerprint density at radius 1 is 0.958 bits per heavy atom. The van der Waals surface area contributed by atoms with Gasteiger partial charge >= 0.3 is 0 Å². The summed E-state index contributed by atoms with van der Waals surface area (Å²) >= 11 is 0. The van der Waals surface area contributed by atoms with Crippen molar-refractivity contribution in [3.05, 3.63) is 48.5 Å². The molecule has 2 aromatic rings. The first-order chi connectivity index (χ1) is 11.7. The van der Waals surface area contributed by atoms with Crippen LogP contribution in [0.5, 0.6) is 11.5 Å². The molecular weight excluding hydrogens is 304 g/mol. The Balaban J connectivity index is 1.81. The average molecular weight is 328 g/mol. The van der Waals surface area contributed by atoms with Gasteiger partial charge in [0.15, 0.2) is 0 Å². The molecule has 0 unspecified atom stereocenters. The number of benzene rings is 2. The summed E-state index contributed by atoms with van der Waals surface area (Å²) in [4.78, 5) is 12.0. The number of hydrogen-bond acceptors (Lipinski definition) is 4. The highest BCUT2D eigenvalue weighted by atomic mass is 16.5. The van der Waals surface area contributed by atoms with Gasteiger partial charge in [-0.3, -0.25) is 4.79 Å². The quantitative estimate of drug-likeness (QED) is 0.732. The van der Waals surface area contributed by atoms with E-state index >= 15 is 0 Å². The van der Waals surface area contributed by atoms with E-state index in [4.69, 9.17) is 9.47 Å². The molecule has 0 aliphatic carbocycles. The second-order valence-corrected chi connectivity index (χ2v) is 5.24. The first-order valence-corrected chi connectivity index (χ1v) is 8.20. The lowest BCUT2D eigenvalue weighted by Crippen LogP contribution is -2.21. The number of ether oxygens (including phenoxy) is 2. The maximum atomic E-state index is 12.0. The number of amides is 1. The third-order valence-corrected chi connectivity index (χ3v) is 3.21. The molecule has 128 valence electrons. The first-order valence-electron chi connectivity index (χ1n) is 8.20. The van der Waals surface area contributed by atoms with Gasteiger partial charge in [-0.25, -0.2) is 0 Å². The highest BCUT2D eigenvalue weighted by molar-refractivity contribution is 5.93. The number of rotatable bonds is 9. The fourth-order valence-electron chi connectivity index (χ4n) is 2.10. The third-order valence-electron chi connectivity index (χ3n) is 3.21. The zero-order chi connectivity index (χ0) is 17.2. The highest BCUT2D eigenvalue weighted by Crippen LogP contribution is 2.18. The maximum Gasteiger partial charge on any atom is 0.243 e. The molecule has 0 radical (unpaired) electrons. The summed E-state index contributed by atoms with van der Waals surface area (Å²) < 4.78 is 11.0. The Kier molecular flexibility index (Phi) is 6.95. The predicted octanol–water partition coefficient (Wildman–Crippen LogP) is 3.92. The molecule has 0 aliphatic heterocycles. The molecule has 2 N–H and O–H groups in total. The molecular formula is C19H24N2O3. The minimum atomic E-state index is -0.112. The normalized spacial score (nSPS) is 10.1. The molecule has 0 bridgehead atoms. The summed E-state index contributed by atoms with van der Waals surface area (Å²) in [6.07, 6.45) is 0.967. The average Bonchev–Trinajstić information content (AvgIpc) is 2.60. The van der Waals surface area contributed by atoms with Crippen LogP contribution in [-0.4, -0.2) is 25.7 Å². The van der Waals surface area contributed by atoms with Gasteiger partial charge in [-0.05, 0) is 49.7 Å². The van der Waals surface area contributed by atoms with E-state index in [2.05, 4.69) is 17.6 Å². The van der Waals surface area contributed by atoms with Gasteiger partial charge in [0.25, 0.3) is 0 Å². The summed E-state index contributed by atoms with van der Waals surface area (Å²) in [6.45, 7) is 5.49. The topological polar surface area (TPSA) is 59.6 Å². The van der Waals surface area contributed by atoms with E-state index in [9.17, 15) is 4.79 Å². The molecule has 0 aromatic heterocycles. The SMILES string of the molecule is CCCOc1ccc(NC(=O)CNc2cccc(OCC)c2)cc1. The summed E-state index contributed by atoms with van der Waals surface area (Å²) in [5.74, 6) is 1.48. The Labute approximate surface area is 143 Å². The van der Waals surface area contributed by atoms with Gasteiger partial charge in [0.1, 0.15) is 11.5 Å². The van der Waals surface area contributed by atoms with Gasteiger partial charge in [0.05, 0.1) is 19.8 Å². The van der Waals surface area contributed by atoms with Gasteiger partial charge in [-0.15, -0.1) is 0 Å². The predicted molar refractivity (Wildman–Crippen MR) is 97.0 cm³/mol. The molecule has 0 saturated heterocycles. The van der Waals surface area contributed by atoms with Crippen LogP contribution in [-0.2, 0) is 4.79 Å². The molecule has 2 rings (SSSR count). The van der Waals surface area contributed by atoms with Crippen LogP contribution in [0.1, 0.15) is 20.3 Å². The fourth-order valence-corrected chi connectivity index (χ4v) is 2.10. The van der Waals surface area contributed by atoms with E-state index in [1.54, 1.807) is 0 Å². The van der Waals surface area contributed by atoms with E-state index in [1.165, 1.54) is 0 Å². The van der Waals surface area contributed by atoms with Crippen molar-refractivity contribution in [1.82, 2.24) is 0 Å². The van der Waals surface area contributed by atoms with Crippen molar-refractivity contribution in [2.75, 3.05) is 30.4 Å². The zero-order valence-corrected chi connectivity index (χ0v) is 14.2. The molecule has 1 amide bonds. The molecule has 0 aliphatic rings. The van der Waals surface area contributed by atoms with Crippen LogP contribution < -0.4 is 20.1 Å². The number of hydrogen-bond donors (Lipinski definition) is 2. The van der Waals surface area contributed by atoms with Gasteiger partial charge in [-0.1, -0.05) is 13.0 Å². The van der Waals surface area contributed by atoms with E-state index < -0.39 is 0 Å². The maximum absolute atomic E-state index is 12.0. The van der Waals surface area contributed by atoms with Crippen molar-refractivity contribution < 1.29 is 14.3 Å². The van der Waals surface area contributed by atoms with E-state index in [0.717, 1.165) is 29.3 Å². The number of nitrogens with one attached hydrogen (secondary N) is 2. The monoisotopic (exact) mass is 328 g/mol. The molecule has 2 aromatic carbocycles. The number of anilines is 2. The van der Waals surface area contributed by atoms with E-state index in [-0.39, 0.29) is 12.5 Å². The van der Waals surface area contributed by atoms with Crippen LogP contribution in [0, 0.1) is 0 Å². The lowest BCUT2D eigenvalue weighted by Gasteiger charge is -2.10. The molecule has 24 heavy (non-hydrogen) atoms. The molecule has 5 heteroatoms. The molecule has 0 atom stereocenters. The number of carbonyl (C=O) groups excluding carboxylic acids is 1. The zero-order valence-electron chi connectivity index (χ0n) is 14.2. The van der Waals surface area contributed by atoms with Crippen molar-refractivity contribution >= 4 is 17.3 Å². The van der Waals surface area contributed by atoms with Gasteiger partial charge in [0.2, 0.25) is 5.91 Å². The van der Waals surface area contributed by atoms with Crippen LogP contribution in [0.2, 0.25) is 0 Å². The van der Waals surface area contributed by atoms with Crippen LogP contribution in [0.25, 0.3) is 0 Å². The molecule has 0 saturated carbocycles. The second kappa shape index (κ2) is 9.45. The number of carbonyl (C=O) groups is 1. The van der Waals surface area contributed by atoms with Crippen molar-refractivity contribution in [2.24, 2.45) is 0 Å². The second-order valence-electron chi connectivity index (χ2n) is 5.24. The van der Waals surface area contributed by atoms with Crippen molar-refractivity contribution in [1.29, 1.82) is 0 Å². The molecule has 0 spiro atoms. The van der Waals surface area contributed by atoms with Crippen LogP contribution in [0.15, 0.2) is 48.5 Å². The minimum absolute atomic E-state index is 0.112. The lowest BCUT2D eigenvalue weighted by molar-refractivity contribution is -0.114. The van der Waals surface area contributed by atoms with Crippen LogP contribution in [0.3, 0.4) is 0 Å². The Morgan fingerprint density at radius 3 is 2.46 bits per heavy atom. The van der Waals surface area contributed by atoms with Gasteiger partial charge in [0, 0.05) is 17.4 Å². The van der Waals surface area contributed by atoms with Crippen LogP contribution >= 0.6 is 0 Å². The standard InChI is InChI=1S/C19H24N2O3/c1-3-12-24-17-10-8-15(9-11-17)21-19(22)14-20-16-6-5-7-18(13-16)23-4-2/h5-11,13,20H,3-4,12,14H2,1-2H3,(H,21,22). The molecule has 0 fully saturated rings. The van der Waals surface area contributed by atoms with Crippen molar-refractivity contribution in [3.8, 4) is 11.5 Å². The highest BCUT2D eigenvalue weighted by Gasteiger charge is 2.03. The summed E-state index contributed by atoms with van der Waals surface area (Å²) in [7, 11) is 0. The summed E-state index contributed by atoms with van der Waals surface area (Å²) in [5, 5.41) is 5.93. The summed E-state index contributed by atoms with van der Waals surface area (Å²) in [5.41, 5.74) is 1.59. The third kappa shape index (κ3) is 5.83. The van der Waals surface area contributed by atoms with Crippen LogP contribution in [0.4, 0.5) is 11.4 Å². The first kappa shape index (κ1) is 17.7. The lowest BCUT2D eigenvalue weighted by atomic mass is 10.3. The smallest absolute Gasteiger partial charge is 0.243 e. The minimum Gasteiger partial charge on any atom is -0.494 e. The largest absolute Gasteiger partial charge is 0.494 e. The Hall–Kier alpha value is -2.69. The fraction of sp³-hybridized carbons (Fsp3) is 0.316. The van der Waals surface area contributed by atoms with E-state index in [0.29, 0.717) is 13.2 Å². The molecule has 5 nitrogen and oxygen atoms in total.